The first-order chi connectivity index (χ1) is 10.8. The van der Waals surface area contributed by atoms with Crippen LogP contribution >= 0.6 is 0 Å². The van der Waals surface area contributed by atoms with Crippen LogP contribution in [0.4, 0.5) is 0 Å². The van der Waals surface area contributed by atoms with Gasteiger partial charge in [-0.25, -0.2) is 0 Å². The molecule has 2 heterocycles. The molecule has 0 saturated heterocycles. The molecule has 0 bridgehead atoms. The molecule has 0 atom stereocenters. The summed E-state index contributed by atoms with van der Waals surface area (Å²) in [5, 5.41) is 3.53. The average molecular weight is 293 g/mol. The Kier molecular flexibility index (Phi) is 3.63. The van der Waals surface area contributed by atoms with E-state index in [4.69, 9.17) is 4.74 Å². The minimum absolute atomic E-state index is 0.858. The van der Waals surface area contributed by atoms with E-state index >= 15 is 0 Å². The lowest BCUT2D eigenvalue weighted by Crippen LogP contribution is -2.16. The van der Waals surface area contributed by atoms with E-state index in [0.29, 0.717) is 0 Å². The lowest BCUT2D eigenvalue weighted by Gasteiger charge is -2.25. The van der Waals surface area contributed by atoms with Crippen molar-refractivity contribution < 1.29 is 4.74 Å². The van der Waals surface area contributed by atoms with E-state index in [0.717, 1.165) is 51.1 Å². The van der Waals surface area contributed by atoms with Gasteiger partial charge in [-0.15, -0.1) is 0 Å². The highest BCUT2D eigenvalue weighted by atomic mass is 16.5. The number of benzene rings is 2. The molecule has 0 fully saturated rings. The Labute approximate surface area is 132 Å². The number of ether oxygens (including phenoxy) is 1. The first-order valence-electron chi connectivity index (χ1n) is 8.41. The van der Waals surface area contributed by atoms with Gasteiger partial charge in [-0.2, -0.15) is 0 Å². The number of hydrogen-bond donors (Lipinski definition) is 1. The maximum absolute atomic E-state index is 6.00. The van der Waals surface area contributed by atoms with Crippen molar-refractivity contribution in [2.75, 3.05) is 19.7 Å². The van der Waals surface area contributed by atoms with Gasteiger partial charge >= 0.3 is 0 Å². The molecule has 0 amide bonds. The van der Waals surface area contributed by atoms with Crippen LogP contribution in [0.2, 0.25) is 0 Å². The quantitative estimate of drug-likeness (QED) is 0.866. The van der Waals surface area contributed by atoms with Crippen molar-refractivity contribution in [3.05, 3.63) is 52.6 Å². The Morgan fingerprint density at radius 3 is 2.82 bits per heavy atom. The van der Waals surface area contributed by atoms with Crippen molar-refractivity contribution in [2.45, 2.75) is 32.6 Å². The molecule has 2 heteroatoms. The standard InChI is InChI=1S/C20H23NO/c1-14-4-2-5-16(12-14)20-17-8-10-21-9-7-15(17)13-19-18(20)6-3-11-22-19/h2,4-5,12-13,21H,3,6-11H2,1H3. The summed E-state index contributed by atoms with van der Waals surface area (Å²) in [4.78, 5) is 0. The third-order valence-corrected chi connectivity index (χ3v) is 4.85. The fourth-order valence-electron chi connectivity index (χ4n) is 3.83. The molecule has 4 rings (SSSR count). The van der Waals surface area contributed by atoms with Gasteiger partial charge in [-0.3, -0.25) is 0 Å². The first-order valence-corrected chi connectivity index (χ1v) is 8.41. The molecule has 2 aliphatic rings. The molecule has 0 aromatic heterocycles. The van der Waals surface area contributed by atoms with E-state index in [1.807, 2.05) is 0 Å². The maximum atomic E-state index is 6.00. The van der Waals surface area contributed by atoms with Crippen LogP contribution in [-0.4, -0.2) is 19.7 Å². The molecule has 2 aliphatic heterocycles. The van der Waals surface area contributed by atoms with Gasteiger partial charge in [0.2, 0.25) is 0 Å². The van der Waals surface area contributed by atoms with Crippen LogP contribution in [0.1, 0.15) is 28.7 Å². The first kappa shape index (κ1) is 13.8. The van der Waals surface area contributed by atoms with Crippen molar-refractivity contribution in [3.8, 4) is 16.9 Å². The fourth-order valence-corrected chi connectivity index (χ4v) is 3.83. The summed E-state index contributed by atoms with van der Waals surface area (Å²) in [6.45, 7) is 5.18. The van der Waals surface area contributed by atoms with Gasteiger partial charge < -0.3 is 10.1 Å². The van der Waals surface area contributed by atoms with Gasteiger partial charge in [0.05, 0.1) is 6.61 Å². The molecule has 114 valence electrons. The van der Waals surface area contributed by atoms with Crippen LogP contribution in [0, 0.1) is 6.92 Å². The predicted octanol–water partition coefficient (Wildman–Crippen LogP) is 3.68. The SMILES string of the molecule is Cc1cccc(-c2c3c(cc4c2CCCO4)CCNCC3)c1. The zero-order chi connectivity index (χ0) is 14.9. The Balaban J connectivity index is 1.97. The van der Waals surface area contributed by atoms with Gasteiger partial charge in [0.15, 0.2) is 0 Å². The number of fused-ring (bicyclic) bond motifs is 2. The molecule has 2 aromatic carbocycles. The average Bonchev–Trinajstić information content (AvgIpc) is 2.77. The summed E-state index contributed by atoms with van der Waals surface area (Å²) in [5.41, 5.74) is 8.59. The predicted molar refractivity (Wildman–Crippen MR) is 90.7 cm³/mol. The lowest BCUT2D eigenvalue weighted by molar-refractivity contribution is 0.288. The minimum Gasteiger partial charge on any atom is -0.493 e. The molecule has 1 N–H and O–H groups in total. The molecular weight excluding hydrogens is 270 g/mol. The molecular formula is C20H23NO. The van der Waals surface area contributed by atoms with Crippen molar-refractivity contribution in [3.63, 3.8) is 0 Å². The summed E-state index contributed by atoms with van der Waals surface area (Å²) in [6, 6.07) is 11.2. The summed E-state index contributed by atoms with van der Waals surface area (Å²) in [7, 11) is 0. The Hall–Kier alpha value is -1.80. The summed E-state index contributed by atoms with van der Waals surface area (Å²) < 4.78 is 6.00. The summed E-state index contributed by atoms with van der Waals surface area (Å²) in [5.74, 6) is 1.13. The van der Waals surface area contributed by atoms with Crippen LogP contribution < -0.4 is 10.1 Å². The maximum Gasteiger partial charge on any atom is 0.123 e. The molecule has 0 spiro atoms. The zero-order valence-corrected chi connectivity index (χ0v) is 13.2. The third kappa shape index (κ3) is 2.42. The normalized spacial score (nSPS) is 17.1. The van der Waals surface area contributed by atoms with Crippen LogP contribution in [0.15, 0.2) is 30.3 Å². The topological polar surface area (TPSA) is 21.3 Å². The molecule has 0 radical (unpaired) electrons. The number of nitrogens with one attached hydrogen (secondary N) is 1. The van der Waals surface area contributed by atoms with Gasteiger partial charge in [0.25, 0.3) is 0 Å². The lowest BCUT2D eigenvalue weighted by atomic mass is 9.85. The largest absolute Gasteiger partial charge is 0.493 e. The Bertz CT molecular complexity index is 705. The van der Waals surface area contributed by atoms with Gasteiger partial charge in [-0.05, 0) is 74.0 Å². The number of aryl methyl sites for hydroxylation is 1. The van der Waals surface area contributed by atoms with Gasteiger partial charge in [-0.1, -0.05) is 29.8 Å². The second-order valence-electron chi connectivity index (χ2n) is 6.44. The molecule has 22 heavy (non-hydrogen) atoms. The molecule has 0 unspecified atom stereocenters. The van der Waals surface area contributed by atoms with E-state index in [1.54, 1.807) is 5.56 Å². The highest BCUT2D eigenvalue weighted by Crippen LogP contribution is 2.40. The summed E-state index contributed by atoms with van der Waals surface area (Å²) >= 11 is 0. The van der Waals surface area contributed by atoms with Crippen molar-refractivity contribution in [1.82, 2.24) is 5.32 Å². The van der Waals surface area contributed by atoms with Crippen molar-refractivity contribution >= 4 is 0 Å². The van der Waals surface area contributed by atoms with E-state index in [2.05, 4.69) is 42.6 Å². The second-order valence-corrected chi connectivity index (χ2v) is 6.44. The highest BCUT2D eigenvalue weighted by Gasteiger charge is 2.23. The Morgan fingerprint density at radius 1 is 1.00 bits per heavy atom. The second kappa shape index (κ2) is 5.77. The van der Waals surface area contributed by atoms with E-state index in [-0.39, 0.29) is 0 Å². The van der Waals surface area contributed by atoms with Gasteiger partial charge in [0.1, 0.15) is 5.75 Å². The fraction of sp³-hybridized carbons (Fsp3) is 0.400. The van der Waals surface area contributed by atoms with Gasteiger partial charge in [0, 0.05) is 5.56 Å². The smallest absolute Gasteiger partial charge is 0.123 e. The molecule has 0 aliphatic carbocycles. The van der Waals surface area contributed by atoms with Crippen molar-refractivity contribution in [2.24, 2.45) is 0 Å². The minimum atomic E-state index is 0.858. The van der Waals surface area contributed by atoms with Crippen LogP contribution in [-0.2, 0) is 19.3 Å². The zero-order valence-electron chi connectivity index (χ0n) is 13.2. The molecule has 0 saturated carbocycles. The Morgan fingerprint density at radius 2 is 1.91 bits per heavy atom. The number of rotatable bonds is 1. The summed E-state index contributed by atoms with van der Waals surface area (Å²) in [6.07, 6.45) is 4.48. The highest BCUT2D eigenvalue weighted by molar-refractivity contribution is 5.76. The third-order valence-electron chi connectivity index (χ3n) is 4.85. The molecule has 2 nitrogen and oxygen atoms in total. The number of hydrogen-bond acceptors (Lipinski definition) is 2. The van der Waals surface area contributed by atoms with E-state index in [9.17, 15) is 0 Å². The van der Waals surface area contributed by atoms with Crippen molar-refractivity contribution in [1.29, 1.82) is 0 Å². The van der Waals surface area contributed by atoms with Crippen LogP contribution in [0.3, 0.4) is 0 Å². The monoisotopic (exact) mass is 293 g/mol. The van der Waals surface area contributed by atoms with Crippen LogP contribution in [0.25, 0.3) is 11.1 Å². The van der Waals surface area contributed by atoms with E-state index < -0.39 is 0 Å². The molecule has 2 aromatic rings. The van der Waals surface area contributed by atoms with E-state index in [1.165, 1.54) is 27.8 Å². The van der Waals surface area contributed by atoms with Crippen LogP contribution in [0.5, 0.6) is 5.75 Å².